The summed E-state index contributed by atoms with van der Waals surface area (Å²) < 4.78 is 12.0. The van der Waals surface area contributed by atoms with Crippen LogP contribution in [0.25, 0.3) is 12.2 Å². The van der Waals surface area contributed by atoms with Crippen molar-refractivity contribution < 1.29 is 24.0 Å². The summed E-state index contributed by atoms with van der Waals surface area (Å²) >= 11 is 1.04. The van der Waals surface area contributed by atoms with E-state index >= 15 is 0 Å². The molecule has 0 atom stereocenters. The number of hydrogen-bond acceptors (Lipinski definition) is 8. The molecule has 10 nitrogen and oxygen atoms in total. The lowest BCUT2D eigenvalue weighted by molar-refractivity contribution is -0.384. The van der Waals surface area contributed by atoms with E-state index in [4.69, 9.17) is 9.47 Å². The van der Waals surface area contributed by atoms with Crippen LogP contribution in [0.3, 0.4) is 0 Å². The first-order valence-electron chi connectivity index (χ1n) is 9.59. The molecular weight excluding hydrogens is 426 g/mol. The van der Waals surface area contributed by atoms with Gasteiger partial charge in [0.25, 0.3) is 11.2 Å². The number of rotatable bonds is 6. The predicted octanol–water partition coefficient (Wildman–Crippen LogP) is -0.151. The summed E-state index contributed by atoms with van der Waals surface area (Å²) in [6, 6.07) is 5.72. The molecule has 3 rings (SSSR count). The Morgan fingerprint density at radius 1 is 1.26 bits per heavy atom. The van der Waals surface area contributed by atoms with Crippen LogP contribution in [-0.4, -0.2) is 59.2 Å². The number of non-ortho nitro benzene ring substituents is 1. The maximum atomic E-state index is 13.0. The number of carbonyl (C=O) groups excluding carboxylic acids is 2. The molecule has 0 radical (unpaired) electrons. The first-order valence-corrected chi connectivity index (χ1v) is 10.4. The number of nitro benzene ring substituents is 1. The minimum absolute atomic E-state index is 0.0619. The van der Waals surface area contributed by atoms with Crippen molar-refractivity contribution in [3.8, 4) is 0 Å². The number of amides is 1. The SMILES string of the molecule is CCOC(=O)C=c1sc(=Cc2ccc([N+](=O)[O-])cc2)c(=O)n1CC(=O)N1CCOCC1. The fourth-order valence-electron chi connectivity index (χ4n) is 2.97. The molecule has 2 heterocycles. The smallest absolute Gasteiger partial charge is 0.333 e. The molecule has 1 aromatic carbocycles. The summed E-state index contributed by atoms with van der Waals surface area (Å²) in [5.41, 5.74) is 0.0898. The third-order valence-corrected chi connectivity index (χ3v) is 5.58. The van der Waals surface area contributed by atoms with Crippen LogP contribution in [0.1, 0.15) is 12.5 Å². The van der Waals surface area contributed by atoms with E-state index < -0.39 is 16.5 Å². The zero-order valence-electron chi connectivity index (χ0n) is 16.8. The second-order valence-corrected chi connectivity index (χ2v) is 7.64. The van der Waals surface area contributed by atoms with Gasteiger partial charge < -0.3 is 14.4 Å². The first kappa shape index (κ1) is 22.4. The molecule has 0 saturated carbocycles. The van der Waals surface area contributed by atoms with Gasteiger partial charge in [0, 0.05) is 25.2 Å². The van der Waals surface area contributed by atoms with Crippen LogP contribution in [0.5, 0.6) is 0 Å². The van der Waals surface area contributed by atoms with Crippen molar-refractivity contribution in [2.75, 3.05) is 32.9 Å². The number of nitro groups is 1. The molecule has 1 fully saturated rings. The minimum Gasteiger partial charge on any atom is -0.463 e. The molecule has 11 heteroatoms. The molecule has 2 aromatic rings. The zero-order valence-corrected chi connectivity index (χ0v) is 17.6. The average Bonchev–Trinajstić information content (AvgIpc) is 3.03. The summed E-state index contributed by atoms with van der Waals surface area (Å²) in [6.45, 7) is 3.39. The van der Waals surface area contributed by atoms with E-state index in [0.717, 1.165) is 11.3 Å². The largest absolute Gasteiger partial charge is 0.463 e. The van der Waals surface area contributed by atoms with Crippen LogP contribution in [0, 0.1) is 10.1 Å². The molecular formula is C20H21N3O7S. The zero-order chi connectivity index (χ0) is 22.4. The standard InChI is InChI=1S/C20H21N3O7S/c1-2-30-19(25)12-18-22(13-17(24)21-7-9-29-10-8-21)20(26)16(31-18)11-14-3-5-15(6-4-14)23(27)28/h3-6,11-12H,2,7-10,13H2,1H3. The van der Waals surface area contributed by atoms with Crippen LogP contribution in [0.4, 0.5) is 5.69 Å². The molecule has 1 aromatic heterocycles. The number of aromatic nitrogens is 1. The van der Waals surface area contributed by atoms with Crippen molar-refractivity contribution >= 4 is 41.1 Å². The van der Waals surface area contributed by atoms with Gasteiger partial charge in [-0.25, -0.2) is 4.79 Å². The molecule has 0 aliphatic carbocycles. The van der Waals surface area contributed by atoms with Gasteiger partial charge in [-0.3, -0.25) is 24.3 Å². The maximum Gasteiger partial charge on any atom is 0.333 e. The molecule has 0 bridgehead atoms. The fraction of sp³-hybridized carbons (Fsp3) is 0.350. The number of benzene rings is 1. The second-order valence-electron chi connectivity index (χ2n) is 6.58. The number of esters is 1. The number of ether oxygens (including phenoxy) is 2. The Kier molecular flexibility index (Phi) is 7.32. The van der Waals surface area contributed by atoms with Crippen molar-refractivity contribution in [1.82, 2.24) is 9.47 Å². The Balaban J connectivity index is 2.00. The highest BCUT2D eigenvalue weighted by molar-refractivity contribution is 7.07. The lowest BCUT2D eigenvalue weighted by Gasteiger charge is -2.26. The summed E-state index contributed by atoms with van der Waals surface area (Å²) in [6.07, 6.45) is 2.75. The highest BCUT2D eigenvalue weighted by Gasteiger charge is 2.19. The van der Waals surface area contributed by atoms with Crippen LogP contribution in [0.2, 0.25) is 0 Å². The first-order chi connectivity index (χ1) is 14.9. The third-order valence-electron chi connectivity index (χ3n) is 4.52. The summed E-state index contributed by atoms with van der Waals surface area (Å²) in [7, 11) is 0. The normalized spacial score (nSPS) is 15.2. The average molecular weight is 447 g/mol. The number of nitrogens with zero attached hydrogens (tertiary/aromatic N) is 3. The molecule has 164 valence electrons. The van der Waals surface area contributed by atoms with Gasteiger partial charge >= 0.3 is 5.97 Å². The van der Waals surface area contributed by atoms with E-state index in [2.05, 4.69) is 0 Å². The fourth-order valence-corrected chi connectivity index (χ4v) is 4.00. The van der Waals surface area contributed by atoms with Crippen molar-refractivity contribution in [2.24, 2.45) is 0 Å². The number of thiazole rings is 1. The van der Waals surface area contributed by atoms with E-state index in [-0.39, 0.29) is 24.7 Å². The van der Waals surface area contributed by atoms with Crippen molar-refractivity contribution in [3.63, 3.8) is 0 Å². The third kappa shape index (κ3) is 5.64. The summed E-state index contributed by atoms with van der Waals surface area (Å²) in [5, 5.41) is 10.8. The maximum absolute atomic E-state index is 13.0. The Hall–Kier alpha value is -3.31. The highest BCUT2D eigenvalue weighted by Crippen LogP contribution is 2.12. The van der Waals surface area contributed by atoms with Gasteiger partial charge in [-0.05, 0) is 30.7 Å². The van der Waals surface area contributed by atoms with Crippen LogP contribution in [0.15, 0.2) is 29.1 Å². The lowest BCUT2D eigenvalue weighted by atomic mass is 10.2. The van der Waals surface area contributed by atoms with E-state index in [1.807, 2.05) is 0 Å². The van der Waals surface area contributed by atoms with Crippen molar-refractivity contribution in [2.45, 2.75) is 13.5 Å². The molecule has 1 amide bonds. The minimum atomic E-state index is -0.613. The second kappa shape index (κ2) is 10.1. The summed E-state index contributed by atoms with van der Waals surface area (Å²) in [4.78, 5) is 49.5. The summed E-state index contributed by atoms with van der Waals surface area (Å²) in [5.74, 6) is -0.859. The van der Waals surface area contributed by atoms with Gasteiger partial charge in [-0.1, -0.05) is 0 Å². The Morgan fingerprint density at radius 2 is 1.94 bits per heavy atom. The van der Waals surface area contributed by atoms with E-state index in [9.17, 15) is 24.5 Å². The monoisotopic (exact) mass is 447 g/mol. The van der Waals surface area contributed by atoms with E-state index in [1.54, 1.807) is 17.9 Å². The van der Waals surface area contributed by atoms with Crippen LogP contribution < -0.4 is 14.8 Å². The molecule has 1 saturated heterocycles. The predicted molar refractivity (Wildman–Crippen MR) is 113 cm³/mol. The quantitative estimate of drug-likeness (QED) is 0.343. The molecule has 31 heavy (non-hydrogen) atoms. The Labute approximate surface area is 180 Å². The van der Waals surface area contributed by atoms with E-state index in [1.165, 1.54) is 34.9 Å². The van der Waals surface area contributed by atoms with Gasteiger partial charge in [0.05, 0.1) is 35.4 Å². The molecule has 1 aliphatic rings. The van der Waals surface area contributed by atoms with Gasteiger partial charge in [0.15, 0.2) is 0 Å². The van der Waals surface area contributed by atoms with Crippen LogP contribution >= 0.6 is 11.3 Å². The van der Waals surface area contributed by atoms with E-state index in [0.29, 0.717) is 41.1 Å². The number of hydrogen-bond donors (Lipinski definition) is 0. The molecule has 1 aliphatic heterocycles. The Bertz CT molecular complexity index is 1140. The highest BCUT2D eigenvalue weighted by atomic mass is 32.1. The molecule has 0 unspecified atom stereocenters. The van der Waals surface area contributed by atoms with Crippen LogP contribution in [-0.2, 0) is 25.6 Å². The van der Waals surface area contributed by atoms with Gasteiger partial charge in [-0.15, -0.1) is 11.3 Å². The van der Waals surface area contributed by atoms with Crippen molar-refractivity contribution in [3.05, 3.63) is 59.5 Å². The Morgan fingerprint density at radius 3 is 2.55 bits per heavy atom. The van der Waals surface area contributed by atoms with Gasteiger partial charge in [-0.2, -0.15) is 0 Å². The van der Waals surface area contributed by atoms with Crippen molar-refractivity contribution in [1.29, 1.82) is 0 Å². The topological polar surface area (TPSA) is 121 Å². The van der Waals surface area contributed by atoms with Gasteiger partial charge in [0.1, 0.15) is 11.2 Å². The number of morpholine rings is 1. The molecule has 0 N–H and O–H groups in total. The molecule has 0 spiro atoms. The number of carbonyl (C=O) groups is 2. The van der Waals surface area contributed by atoms with Gasteiger partial charge in [0.2, 0.25) is 5.91 Å². The lowest BCUT2D eigenvalue weighted by Crippen LogP contribution is -2.45.